The van der Waals surface area contributed by atoms with Gasteiger partial charge >= 0.3 is 0 Å². The van der Waals surface area contributed by atoms with Gasteiger partial charge in [-0.25, -0.2) is 13.1 Å². The first-order chi connectivity index (χ1) is 10.3. The van der Waals surface area contributed by atoms with Crippen LogP contribution in [0.5, 0.6) is 0 Å². The molecule has 0 aromatic carbocycles. The summed E-state index contributed by atoms with van der Waals surface area (Å²) in [6.45, 7) is 3.67. The Hall–Kier alpha value is -1.92. The largest absolute Gasteiger partial charge is 0.360 e. The average Bonchev–Trinajstić information content (AvgIpc) is 2.84. The highest BCUT2D eigenvalue weighted by molar-refractivity contribution is 7.89. The molecule has 2 heterocycles. The van der Waals surface area contributed by atoms with Crippen LogP contribution in [0.3, 0.4) is 0 Å². The second-order valence-electron chi connectivity index (χ2n) is 5.26. The van der Waals surface area contributed by atoms with Gasteiger partial charge < -0.3 is 9.42 Å². The van der Waals surface area contributed by atoms with Gasteiger partial charge in [-0.1, -0.05) is 5.16 Å². The highest BCUT2D eigenvalue weighted by Crippen LogP contribution is 2.19. The molecule has 1 aliphatic rings. The van der Waals surface area contributed by atoms with Crippen molar-refractivity contribution in [1.29, 1.82) is 5.26 Å². The van der Waals surface area contributed by atoms with E-state index in [0.717, 1.165) is 0 Å². The summed E-state index contributed by atoms with van der Waals surface area (Å²) in [4.78, 5) is 13.6. The fraction of sp³-hybridized carbons (Fsp3) is 0.615. The number of nitrogens with zero attached hydrogens (tertiary/aromatic N) is 3. The van der Waals surface area contributed by atoms with Crippen molar-refractivity contribution in [1.82, 2.24) is 14.8 Å². The fourth-order valence-corrected chi connectivity index (χ4v) is 3.76. The van der Waals surface area contributed by atoms with Crippen molar-refractivity contribution in [2.45, 2.75) is 31.6 Å². The summed E-state index contributed by atoms with van der Waals surface area (Å²) in [5, 5.41) is 12.4. The molecule has 1 N–H and O–H groups in total. The van der Waals surface area contributed by atoms with E-state index >= 15 is 0 Å². The third-order valence-electron chi connectivity index (χ3n) is 3.68. The molecule has 0 spiro atoms. The van der Waals surface area contributed by atoms with Crippen LogP contribution in [0.4, 0.5) is 0 Å². The second kappa shape index (κ2) is 6.46. The van der Waals surface area contributed by atoms with Gasteiger partial charge in [-0.3, -0.25) is 4.79 Å². The number of carbonyl (C=O) groups excluding carboxylic acids is 1. The molecule has 2 rings (SSSR count). The lowest BCUT2D eigenvalue weighted by molar-refractivity contribution is -0.131. The zero-order valence-corrected chi connectivity index (χ0v) is 13.3. The highest BCUT2D eigenvalue weighted by Gasteiger charge is 2.27. The van der Waals surface area contributed by atoms with Crippen LogP contribution in [0.15, 0.2) is 9.42 Å². The molecule has 0 unspecified atom stereocenters. The number of sulfonamides is 1. The SMILES string of the molecule is Cc1noc(C)c1S(=O)(=O)NCC(=O)N1CCC(C#N)CC1. The summed E-state index contributed by atoms with van der Waals surface area (Å²) in [5.41, 5.74) is 0.257. The van der Waals surface area contributed by atoms with Crippen LogP contribution in [-0.4, -0.2) is 44.0 Å². The molecule has 0 bridgehead atoms. The molecular formula is C13H18N4O4S. The number of amides is 1. The van der Waals surface area contributed by atoms with Crippen molar-refractivity contribution < 1.29 is 17.7 Å². The molecule has 1 amide bonds. The van der Waals surface area contributed by atoms with E-state index in [2.05, 4.69) is 15.9 Å². The Morgan fingerprint density at radius 1 is 1.45 bits per heavy atom. The minimum atomic E-state index is -3.83. The Bertz CT molecular complexity index is 677. The number of aromatic nitrogens is 1. The number of rotatable bonds is 4. The Labute approximate surface area is 129 Å². The zero-order chi connectivity index (χ0) is 16.3. The summed E-state index contributed by atoms with van der Waals surface area (Å²) in [5.74, 6) is -0.137. The maximum absolute atomic E-state index is 12.2. The van der Waals surface area contributed by atoms with E-state index in [0.29, 0.717) is 25.9 Å². The van der Waals surface area contributed by atoms with E-state index in [9.17, 15) is 13.2 Å². The minimum absolute atomic E-state index is 0.0245. The topological polar surface area (TPSA) is 116 Å². The van der Waals surface area contributed by atoms with Crippen LogP contribution in [0, 0.1) is 31.1 Å². The normalized spacial score (nSPS) is 16.5. The van der Waals surface area contributed by atoms with Crippen molar-refractivity contribution in [3.05, 3.63) is 11.5 Å². The molecule has 0 atom stereocenters. The number of likely N-dealkylation sites (tertiary alicyclic amines) is 1. The number of carbonyl (C=O) groups is 1. The van der Waals surface area contributed by atoms with Crippen molar-refractivity contribution in [3.8, 4) is 6.07 Å². The Kier molecular flexibility index (Phi) is 4.83. The summed E-state index contributed by atoms with van der Waals surface area (Å²) in [6, 6.07) is 2.18. The molecule has 120 valence electrons. The number of nitrogens with one attached hydrogen (secondary N) is 1. The van der Waals surface area contributed by atoms with Crippen LogP contribution in [-0.2, 0) is 14.8 Å². The minimum Gasteiger partial charge on any atom is -0.360 e. The van der Waals surface area contributed by atoms with Crippen LogP contribution in [0.2, 0.25) is 0 Å². The van der Waals surface area contributed by atoms with Gasteiger partial charge in [-0.05, 0) is 26.7 Å². The zero-order valence-electron chi connectivity index (χ0n) is 12.5. The van der Waals surface area contributed by atoms with E-state index in [1.54, 1.807) is 4.90 Å². The number of hydrogen-bond donors (Lipinski definition) is 1. The van der Waals surface area contributed by atoms with Crippen molar-refractivity contribution in [2.75, 3.05) is 19.6 Å². The Balaban J connectivity index is 1.96. The molecule has 9 heteroatoms. The van der Waals surface area contributed by atoms with Crippen LogP contribution in [0.1, 0.15) is 24.3 Å². The van der Waals surface area contributed by atoms with Gasteiger partial charge in [0, 0.05) is 19.0 Å². The molecular weight excluding hydrogens is 308 g/mol. The van der Waals surface area contributed by atoms with Gasteiger partial charge in [0.2, 0.25) is 15.9 Å². The standard InChI is InChI=1S/C13H18N4O4S/c1-9-13(10(2)21-16-9)22(19,20)15-8-12(18)17-5-3-11(7-14)4-6-17/h11,15H,3-6,8H2,1-2H3. The number of hydrogen-bond acceptors (Lipinski definition) is 6. The molecule has 0 aliphatic carbocycles. The van der Waals surface area contributed by atoms with E-state index in [1.807, 2.05) is 0 Å². The van der Waals surface area contributed by atoms with Gasteiger partial charge in [-0.2, -0.15) is 5.26 Å². The van der Waals surface area contributed by atoms with Crippen LogP contribution < -0.4 is 4.72 Å². The maximum atomic E-state index is 12.2. The second-order valence-corrected chi connectivity index (χ2v) is 6.97. The lowest BCUT2D eigenvalue weighted by Gasteiger charge is -2.29. The van der Waals surface area contributed by atoms with E-state index in [4.69, 9.17) is 9.78 Å². The number of nitriles is 1. The van der Waals surface area contributed by atoms with Gasteiger partial charge in [0.15, 0.2) is 5.76 Å². The summed E-state index contributed by atoms with van der Waals surface area (Å²) >= 11 is 0. The van der Waals surface area contributed by atoms with Gasteiger partial charge in [0.1, 0.15) is 10.6 Å². The van der Waals surface area contributed by atoms with Crippen molar-refractivity contribution >= 4 is 15.9 Å². The number of piperidine rings is 1. The smallest absolute Gasteiger partial charge is 0.246 e. The summed E-state index contributed by atoms with van der Waals surface area (Å²) in [6.07, 6.45) is 1.25. The van der Waals surface area contributed by atoms with Gasteiger partial charge in [0.25, 0.3) is 0 Å². The lowest BCUT2D eigenvalue weighted by atomic mass is 9.99. The van der Waals surface area contributed by atoms with Crippen LogP contribution >= 0.6 is 0 Å². The summed E-state index contributed by atoms with van der Waals surface area (Å²) < 4.78 is 31.5. The first kappa shape index (κ1) is 16.5. The van der Waals surface area contributed by atoms with Crippen molar-refractivity contribution in [2.24, 2.45) is 5.92 Å². The maximum Gasteiger partial charge on any atom is 0.246 e. The van der Waals surface area contributed by atoms with Gasteiger partial charge in [-0.15, -0.1) is 0 Å². The quantitative estimate of drug-likeness (QED) is 0.852. The Morgan fingerprint density at radius 2 is 2.09 bits per heavy atom. The molecule has 0 radical (unpaired) electrons. The molecule has 8 nitrogen and oxygen atoms in total. The van der Waals surface area contributed by atoms with E-state index < -0.39 is 10.0 Å². The van der Waals surface area contributed by atoms with Crippen LogP contribution in [0.25, 0.3) is 0 Å². The molecule has 1 aromatic rings. The van der Waals surface area contributed by atoms with Crippen molar-refractivity contribution in [3.63, 3.8) is 0 Å². The molecule has 1 saturated heterocycles. The molecule has 22 heavy (non-hydrogen) atoms. The average molecular weight is 326 g/mol. The monoisotopic (exact) mass is 326 g/mol. The van der Waals surface area contributed by atoms with E-state index in [1.165, 1.54) is 13.8 Å². The predicted molar refractivity (Wildman–Crippen MR) is 76.1 cm³/mol. The molecule has 1 fully saturated rings. The fourth-order valence-electron chi connectivity index (χ4n) is 2.46. The Morgan fingerprint density at radius 3 is 2.59 bits per heavy atom. The van der Waals surface area contributed by atoms with Gasteiger partial charge in [0.05, 0.1) is 12.6 Å². The molecule has 1 aliphatic heterocycles. The molecule has 0 saturated carbocycles. The highest BCUT2D eigenvalue weighted by atomic mass is 32.2. The third kappa shape index (κ3) is 3.45. The third-order valence-corrected chi connectivity index (χ3v) is 5.32. The van der Waals surface area contributed by atoms with E-state index in [-0.39, 0.29) is 34.7 Å². The lowest BCUT2D eigenvalue weighted by Crippen LogP contribution is -2.44. The first-order valence-electron chi connectivity index (χ1n) is 6.95. The predicted octanol–water partition coefficient (Wildman–Crippen LogP) is 0.332. The summed E-state index contributed by atoms with van der Waals surface area (Å²) in [7, 11) is -3.83. The number of aryl methyl sites for hydroxylation is 2. The molecule has 1 aromatic heterocycles. The first-order valence-corrected chi connectivity index (χ1v) is 8.43.